The molecule has 1 heterocycles. The van der Waals surface area contributed by atoms with Crippen LogP contribution < -0.4 is 5.32 Å². The minimum atomic E-state index is -3.58. The summed E-state index contributed by atoms with van der Waals surface area (Å²) in [7, 11) is -0.650. The van der Waals surface area contributed by atoms with Crippen molar-refractivity contribution in [2.24, 2.45) is 0 Å². The normalized spacial score (nSPS) is 11.6. The van der Waals surface area contributed by atoms with Crippen LogP contribution in [0.2, 0.25) is 0 Å². The van der Waals surface area contributed by atoms with Gasteiger partial charge in [0.15, 0.2) is 8.29 Å². The third-order valence-electron chi connectivity index (χ3n) is 4.12. The summed E-state index contributed by atoms with van der Waals surface area (Å²) in [5.41, 5.74) is 2.10. The minimum absolute atomic E-state index is 0.126. The number of sulfonamides is 1. The molecule has 158 valence electrons. The lowest BCUT2D eigenvalue weighted by Gasteiger charge is -2.14. The number of thioether (sulfide) groups is 1. The molecule has 1 aromatic heterocycles. The van der Waals surface area contributed by atoms with Crippen LogP contribution >= 0.6 is 35.3 Å². The van der Waals surface area contributed by atoms with Crippen molar-refractivity contribution in [3.63, 3.8) is 0 Å². The van der Waals surface area contributed by atoms with E-state index in [0.717, 1.165) is 15.6 Å². The smallest absolute Gasteiger partial charge is 0.242 e. The quantitative estimate of drug-likeness (QED) is 0.407. The molecule has 0 unspecified atom stereocenters. The van der Waals surface area contributed by atoms with Crippen LogP contribution in [0.4, 0.5) is 5.69 Å². The Morgan fingerprint density at radius 3 is 2.60 bits per heavy atom. The molecule has 0 atom stereocenters. The van der Waals surface area contributed by atoms with Gasteiger partial charge in [0.05, 0.1) is 16.3 Å². The summed E-state index contributed by atoms with van der Waals surface area (Å²) in [6, 6.07) is 14.2. The number of aryl methyl sites for hydroxylation is 1. The maximum absolute atomic E-state index is 12.4. The highest BCUT2D eigenvalue weighted by Gasteiger charge is 2.19. The van der Waals surface area contributed by atoms with E-state index in [4.69, 9.17) is 12.2 Å². The molecule has 1 N–H and O–H groups in total. The molecular formula is C19H20N4O3S4. The third kappa shape index (κ3) is 5.16. The number of hydrogen-bond acceptors (Lipinski definition) is 7. The topological polar surface area (TPSA) is 84.3 Å². The fraction of sp³-hybridized carbons (Fsp3) is 0.211. The fourth-order valence-corrected chi connectivity index (χ4v) is 5.56. The molecule has 1 amide bonds. The van der Waals surface area contributed by atoms with Crippen LogP contribution in [0.5, 0.6) is 0 Å². The predicted molar refractivity (Wildman–Crippen MR) is 124 cm³/mol. The van der Waals surface area contributed by atoms with Gasteiger partial charge in [0.1, 0.15) is 0 Å². The lowest BCUT2D eigenvalue weighted by molar-refractivity contribution is -0.113. The third-order valence-corrected chi connectivity index (χ3v) is 8.29. The predicted octanol–water partition coefficient (Wildman–Crippen LogP) is 3.95. The van der Waals surface area contributed by atoms with Crippen LogP contribution in [0.3, 0.4) is 0 Å². The fourth-order valence-electron chi connectivity index (χ4n) is 2.47. The van der Waals surface area contributed by atoms with Crippen molar-refractivity contribution in [1.29, 1.82) is 0 Å². The van der Waals surface area contributed by atoms with Gasteiger partial charge in [0.25, 0.3) is 0 Å². The average molecular weight is 481 g/mol. The zero-order chi connectivity index (χ0) is 21.9. The number of benzene rings is 2. The largest absolute Gasteiger partial charge is 0.325 e. The summed E-state index contributed by atoms with van der Waals surface area (Å²) in [4.78, 5) is 12.6. The van der Waals surface area contributed by atoms with Crippen LogP contribution in [-0.2, 0) is 14.8 Å². The van der Waals surface area contributed by atoms with E-state index in [-0.39, 0.29) is 16.6 Å². The molecule has 0 spiro atoms. The Labute approximate surface area is 188 Å². The summed E-state index contributed by atoms with van der Waals surface area (Å²) >= 11 is 7.98. The van der Waals surface area contributed by atoms with E-state index in [0.29, 0.717) is 14.0 Å². The maximum Gasteiger partial charge on any atom is 0.242 e. The number of carbonyl (C=O) groups is 1. The zero-order valence-electron chi connectivity index (χ0n) is 16.5. The standard InChI is InChI=1S/C19H20N4O3S4/c1-13-9-10-15(30(25,26)22(2)3)11-16(13)20-17(24)12-28-18-21-23(19(27)29-18)14-7-5-4-6-8-14/h4-11H,12H2,1-3H3,(H,20,24). The molecule has 30 heavy (non-hydrogen) atoms. The van der Waals surface area contributed by atoms with E-state index in [1.54, 1.807) is 10.7 Å². The van der Waals surface area contributed by atoms with Gasteiger partial charge in [-0.15, -0.1) is 5.10 Å². The van der Waals surface area contributed by atoms with Gasteiger partial charge in [0.2, 0.25) is 15.9 Å². The van der Waals surface area contributed by atoms with Crippen LogP contribution in [-0.4, -0.2) is 48.3 Å². The summed E-state index contributed by atoms with van der Waals surface area (Å²) < 4.78 is 28.7. The number of rotatable bonds is 7. The number of para-hydroxylation sites is 1. The number of hydrogen-bond donors (Lipinski definition) is 1. The molecule has 3 aromatic rings. The molecule has 0 saturated heterocycles. The Hall–Kier alpha value is -2.05. The molecule has 11 heteroatoms. The molecule has 2 aromatic carbocycles. The molecule has 0 fully saturated rings. The lowest BCUT2D eigenvalue weighted by Crippen LogP contribution is -2.22. The summed E-state index contributed by atoms with van der Waals surface area (Å²) in [5.74, 6) is -0.129. The minimum Gasteiger partial charge on any atom is -0.325 e. The Bertz CT molecular complexity index is 1220. The van der Waals surface area contributed by atoms with Gasteiger partial charge in [-0.3, -0.25) is 4.79 Å². The van der Waals surface area contributed by atoms with Crippen LogP contribution in [0.15, 0.2) is 57.8 Å². The summed E-state index contributed by atoms with van der Waals surface area (Å²) in [6.45, 7) is 1.81. The Morgan fingerprint density at radius 1 is 1.23 bits per heavy atom. The second-order valence-electron chi connectivity index (χ2n) is 6.48. The Morgan fingerprint density at radius 2 is 1.93 bits per heavy atom. The second kappa shape index (κ2) is 9.40. The maximum atomic E-state index is 12.4. The highest BCUT2D eigenvalue weighted by Crippen LogP contribution is 2.25. The van der Waals surface area contributed by atoms with Gasteiger partial charge in [0, 0.05) is 19.8 Å². The van der Waals surface area contributed by atoms with Gasteiger partial charge in [-0.2, -0.15) is 0 Å². The zero-order valence-corrected chi connectivity index (χ0v) is 19.8. The van der Waals surface area contributed by atoms with Crippen molar-refractivity contribution < 1.29 is 13.2 Å². The van der Waals surface area contributed by atoms with Crippen molar-refractivity contribution >= 4 is 56.9 Å². The lowest BCUT2D eigenvalue weighted by atomic mass is 10.2. The van der Waals surface area contributed by atoms with Gasteiger partial charge < -0.3 is 5.32 Å². The molecule has 0 aliphatic carbocycles. The molecule has 3 rings (SSSR count). The van der Waals surface area contributed by atoms with E-state index in [2.05, 4.69) is 10.4 Å². The molecule has 0 saturated carbocycles. The van der Waals surface area contributed by atoms with Crippen LogP contribution in [0.1, 0.15) is 5.56 Å². The highest BCUT2D eigenvalue weighted by atomic mass is 32.2. The molecule has 0 aliphatic rings. The van der Waals surface area contributed by atoms with Crippen molar-refractivity contribution in [2.75, 3.05) is 25.2 Å². The first-order valence-electron chi connectivity index (χ1n) is 8.80. The van der Waals surface area contributed by atoms with Gasteiger partial charge in [-0.25, -0.2) is 17.4 Å². The van der Waals surface area contributed by atoms with E-state index in [1.165, 1.54) is 49.3 Å². The second-order valence-corrected chi connectivity index (χ2v) is 11.5. The number of aromatic nitrogens is 2. The van der Waals surface area contributed by atoms with Gasteiger partial charge in [-0.1, -0.05) is 47.4 Å². The van der Waals surface area contributed by atoms with Crippen LogP contribution in [0.25, 0.3) is 5.69 Å². The summed E-state index contributed by atoms with van der Waals surface area (Å²) in [5, 5.41) is 7.26. The Balaban J connectivity index is 1.69. The van der Waals surface area contributed by atoms with Crippen molar-refractivity contribution in [3.8, 4) is 5.69 Å². The van der Waals surface area contributed by atoms with Crippen molar-refractivity contribution in [2.45, 2.75) is 16.2 Å². The highest BCUT2D eigenvalue weighted by molar-refractivity contribution is 8.01. The van der Waals surface area contributed by atoms with Crippen molar-refractivity contribution in [3.05, 3.63) is 58.0 Å². The number of anilines is 1. The number of carbonyl (C=O) groups excluding carboxylic acids is 1. The molecule has 0 aliphatic heterocycles. The molecular weight excluding hydrogens is 461 g/mol. The number of nitrogens with zero attached hydrogens (tertiary/aromatic N) is 3. The van der Waals surface area contributed by atoms with E-state index < -0.39 is 10.0 Å². The average Bonchev–Trinajstić information content (AvgIpc) is 3.09. The SMILES string of the molecule is Cc1ccc(S(=O)(=O)N(C)C)cc1NC(=O)CSc1nn(-c2ccccc2)c(=S)s1. The molecule has 7 nitrogen and oxygen atoms in total. The van der Waals surface area contributed by atoms with Crippen LogP contribution in [0, 0.1) is 10.9 Å². The number of nitrogens with one attached hydrogen (secondary N) is 1. The van der Waals surface area contributed by atoms with E-state index in [9.17, 15) is 13.2 Å². The molecule has 0 radical (unpaired) electrons. The first kappa shape index (κ1) is 22.6. The first-order valence-corrected chi connectivity index (χ1v) is 12.4. The van der Waals surface area contributed by atoms with Crippen molar-refractivity contribution in [1.82, 2.24) is 14.1 Å². The van der Waals surface area contributed by atoms with Gasteiger partial charge in [-0.05, 0) is 49.0 Å². The first-order chi connectivity index (χ1) is 14.2. The monoisotopic (exact) mass is 480 g/mol. The molecule has 0 bridgehead atoms. The van der Waals surface area contributed by atoms with Gasteiger partial charge >= 0.3 is 0 Å². The van der Waals surface area contributed by atoms with E-state index >= 15 is 0 Å². The van der Waals surface area contributed by atoms with E-state index in [1.807, 2.05) is 37.3 Å². The number of amides is 1. The Kier molecular flexibility index (Phi) is 7.09. The summed E-state index contributed by atoms with van der Waals surface area (Å²) in [6.07, 6.45) is 0.